The molecule has 0 aliphatic carbocycles. The molecule has 0 atom stereocenters. The summed E-state index contributed by atoms with van der Waals surface area (Å²) in [5.41, 5.74) is 4.25. The summed E-state index contributed by atoms with van der Waals surface area (Å²) in [5.74, 6) is 0.00666. The lowest BCUT2D eigenvalue weighted by Crippen LogP contribution is -1.95. The van der Waals surface area contributed by atoms with Crippen LogP contribution in [0.15, 0.2) is 70.9 Å². The predicted octanol–water partition coefficient (Wildman–Crippen LogP) is 6.84. The van der Waals surface area contributed by atoms with Crippen molar-refractivity contribution in [2.24, 2.45) is 7.05 Å². The number of aromatic nitrogens is 5. The highest BCUT2D eigenvalue weighted by molar-refractivity contribution is 8.00. The molecule has 0 aliphatic heterocycles. The lowest BCUT2D eigenvalue weighted by atomic mass is 10.1. The van der Waals surface area contributed by atoms with Crippen LogP contribution < -0.4 is 9.46 Å². The van der Waals surface area contributed by atoms with Gasteiger partial charge in [-0.15, -0.1) is 11.3 Å². The van der Waals surface area contributed by atoms with E-state index in [1.807, 2.05) is 5.38 Å². The normalized spacial score (nSPS) is 11.0. The fraction of sp³-hybridized carbons (Fsp3) is 0.0435. The summed E-state index contributed by atoms with van der Waals surface area (Å²) >= 11 is 8.92. The van der Waals surface area contributed by atoms with Crippen LogP contribution in [-0.2, 0) is 7.05 Å². The first kappa shape index (κ1) is 23.2. The van der Waals surface area contributed by atoms with Crippen molar-refractivity contribution in [3.8, 4) is 33.9 Å². The van der Waals surface area contributed by atoms with Gasteiger partial charge in [0.25, 0.3) is 0 Å². The van der Waals surface area contributed by atoms with Crippen molar-refractivity contribution < 1.29 is 13.5 Å². The third-order valence-electron chi connectivity index (χ3n) is 4.81. The largest absolute Gasteiger partial charge is 0.453 e. The van der Waals surface area contributed by atoms with Crippen LogP contribution in [0.3, 0.4) is 0 Å². The first-order valence-corrected chi connectivity index (χ1v) is 12.2. The second-order valence-electron chi connectivity index (χ2n) is 7.23. The molecule has 35 heavy (non-hydrogen) atoms. The summed E-state index contributed by atoms with van der Waals surface area (Å²) in [4.78, 5) is 12.5. The number of aryl methyl sites for hydroxylation is 1. The summed E-state index contributed by atoms with van der Waals surface area (Å²) in [7, 11) is 1.79. The van der Waals surface area contributed by atoms with Gasteiger partial charge in [-0.3, -0.25) is 9.67 Å². The van der Waals surface area contributed by atoms with E-state index in [-0.39, 0.29) is 10.8 Å². The minimum atomic E-state index is -0.582. The Kier molecular flexibility index (Phi) is 6.62. The zero-order valence-electron chi connectivity index (χ0n) is 17.9. The van der Waals surface area contributed by atoms with Gasteiger partial charge in [0.1, 0.15) is 17.4 Å². The van der Waals surface area contributed by atoms with Gasteiger partial charge in [0, 0.05) is 47.6 Å². The summed E-state index contributed by atoms with van der Waals surface area (Å²) in [6.07, 6.45) is 6.37. The standard InChI is InChI=1S/C23H15ClF2N6OS2/c1-32-10-14(8-30-32)15-4-18(13-2-3-22(26)28-7-13)27-9-20(15)33-19-6-17(25)21(5-16(19)24)35-31-23-11-34-12-29-23/h2-12,31H,1H3. The Hall–Kier alpha value is -3.54. The molecule has 5 rings (SSSR count). The van der Waals surface area contributed by atoms with Crippen molar-refractivity contribution in [3.05, 3.63) is 82.8 Å². The van der Waals surface area contributed by atoms with Crippen LogP contribution in [0.5, 0.6) is 11.5 Å². The van der Waals surface area contributed by atoms with Crippen molar-refractivity contribution >= 4 is 40.7 Å². The van der Waals surface area contributed by atoms with Gasteiger partial charge in [0.15, 0.2) is 5.75 Å². The van der Waals surface area contributed by atoms with Crippen molar-refractivity contribution in [1.29, 1.82) is 0 Å². The average molecular weight is 529 g/mol. The Bertz CT molecular complexity index is 1480. The highest BCUT2D eigenvalue weighted by Crippen LogP contribution is 2.39. The van der Waals surface area contributed by atoms with Gasteiger partial charge in [0.2, 0.25) is 5.95 Å². The third-order valence-corrected chi connectivity index (χ3v) is 6.54. The molecule has 4 aromatic heterocycles. The number of anilines is 1. The molecule has 0 spiro atoms. The van der Waals surface area contributed by atoms with E-state index in [4.69, 9.17) is 16.3 Å². The Morgan fingerprint density at radius 1 is 1.03 bits per heavy atom. The molecule has 0 fully saturated rings. The number of benzene rings is 1. The van der Waals surface area contributed by atoms with E-state index in [1.54, 1.807) is 41.8 Å². The number of hydrogen-bond donors (Lipinski definition) is 1. The van der Waals surface area contributed by atoms with Crippen LogP contribution in [0, 0.1) is 11.8 Å². The molecule has 0 unspecified atom stereocenters. The van der Waals surface area contributed by atoms with Gasteiger partial charge in [0.05, 0.1) is 33.5 Å². The SMILES string of the molecule is Cn1cc(-c2cc(-c3ccc(F)nc3)ncc2Oc2cc(F)c(SNc3cscn3)cc2Cl)cn1. The summed E-state index contributed by atoms with van der Waals surface area (Å²) in [6, 6.07) is 7.31. The third kappa shape index (κ3) is 5.26. The van der Waals surface area contributed by atoms with Crippen molar-refractivity contribution in [2.75, 3.05) is 4.72 Å². The average Bonchev–Trinajstić information content (AvgIpc) is 3.53. The van der Waals surface area contributed by atoms with Crippen LogP contribution in [0.1, 0.15) is 0 Å². The molecule has 1 N–H and O–H groups in total. The summed E-state index contributed by atoms with van der Waals surface area (Å²) in [5, 5.41) is 6.25. The van der Waals surface area contributed by atoms with Crippen molar-refractivity contribution in [3.63, 3.8) is 0 Å². The molecule has 0 radical (unpaired) electrons. The minimum Gasteiger partial charge on any atom is -0.453 e. The first-order chi connectivity index (χ1) is 17.0. The molecular formula is C23H15ClF2N6OS2. The Labute approximate surface area is 211 Å². The van der Waals surface area contributed by atoms with E-state index in [2.05, 4.69) is 24.8 Å². The first-order valence-electron chi connectivity index (χ1n) is 10.0. The minimum absolute atomic E-state index is 0.130. The smallest absolute Gasteiger partial charge is 0.212 e. The Balaban J connectivity index is 1.47. The molecular weight excluding hydrogens is 514 g/mol. The van der Waals surface area contributed by atoms with Crippen molar-refractivity contribution in [1.82, 2.24) is 24.7 Å². The molecule has 4 heterocycles. The summed E-state index contributed by atoms with van der Waals surface area (Å²) < 4.78 is 38.7. The van der Waals surface area contributed by atoms with Crippen molar-refractivity contribution in [2.45, 2.75) is 4.90 Å². The Morgan fingerprint density at radius 3 is 2.63 bits per heavy atom. The fourth-order valence-corrected chi connectivity index (χ4v) is 4.64. The number of nitrogens with zero attached hydrogens (tertiary/aromatic N) is 5. The number of hydrogen-bond acceptors (Lipinski definition) is 8. The number of rotatable bonds is 7. The Morgan fingerprint density at radius 2 is 1.91 bits per heavy atom. The molecule has 0 aliphatic rings. The number of halogens is 3. The quantitative estimate of drug-likeness (QED) is 0.183. The highest BCUT2D eigenvalue weighted by Gasteiger charge is 2.17. The van der Waals surface area contributed by atoms with E-state index in [9.17, 15) is 8.78 Å². The van der Waals surface area contributed by atoms with Gasteiger partial charge >= 0.3 is 0 Å². The van der Waals surface area contributed by atoms with Crippen LogP contribution in [0.25, 0.3) is 22.4 Å². The monoisotopic (exact) mass is 528 g/mol. The predicted molar refractivity (Wildman–Crippen MR) is 133 cm³/mol. The molecule has 0 bridgehead atoms. The number of ether oxygens (including phenoxy) is 1. The van der Waals surface area contributed by atoms with Crippen LogP contribution in [-0.4, -0.2) is 24.7 Å². The zero-order valence-corrected chi connectivity index (χ0v) is 20.3. The van der Waals surface area contributed by atoms with E-state index >= 15 is 0 Å². The lowest BCUT2D eigenvalue weighted by molar-refractivity contribution is 0.474. The molecule has 5 aromatic rings. The van der Waals surface area contributed by atoms with Crippen LogP contribution in [0.2, 0.25) is 5.02 Å². The molecule has 1 aromatic carbocycles. The molecule has 0 amide bonds. The maximum Gasteiger partial charge on any atom is 0.212 e. The molecule has 7 nitrogen and oxygen atoms in total. The maximum absolute atomic E-state index is 14.8. The van der Waals surface area contributed by atoms with E-state index in [0.717, 1.165) is 17.5 Å². The second kappa shape index (κ2) is 9.98. The van der Waals surface area contributed by atoms with E-state index in [1.165, 1.54) is 41.9 Å². The fourth-order valence-electron chi connectivity index (χ4n) is 3.15. The van der Waals surface area contributed by atoms with Crippen LogP contribution in [0.4, 0.5) is 14.6 Å². The van der Waals surface area contributed by atoms with E-state index < -0.39 is 11.8 Å². The lowest BCUT2D eigenvalue weighted by Gasteiger charge is -2.14. The van der Waals surface area contributed by atoms with Gasteiger partial charge in [-0.05, 0) is 36.2 Å². The number of pyridine rings is 2. The van der Waals surface area contributed by atoms with Gasteiger partial charge < -0.3 is 9.46 Å². The van der Waals surface area contributed by atoms with Crippen LogP contribution >= 0.6 is 34.9 Å². The van der Waals surface area contributed by atoms with E-state index in [0.29, 0.717) is 33.3 Å². The summed E-state index contributed by atoms with van der Waals surface area (Å²) in [6.45, 7) is 0. The number of nitrogens with one attached hydrogen (secondary N) is 1. The second-order valence-corrected chi connectivity index (χ2v) is 9.20. The molecule has 176 valence electrons. The zero-order chi connectivity index (χ0) is 24.4. The van der Waals surface area contributed by atoms with Gasteiger partial charge in [-0.1, -0.05) is 11.6 Å². The molecule has 0 saturated carbocycles. The maximum atomic E-state index is 14.8. The molecule has 0 saturated heterocycles. The van der Waals surface area contributed by atoms with Gasteiger partial charge in [-0.2, -0.15) is 9.49 Å². The topological polar surface area (TPSA) is 77.8 Å². The highest BCUT2D eigenvalue weighted by atomic mass is 35.5. The number of thiazole rings is 1. The molecule has 12 heteroatoms. The van der Waals surface area contributed by atoms with Gasteiger partial charge in [-0.25, -0.2) is 14.4 Å².